The molecule has 0 saturated carbocycles. The fourth-order valence-corrected chi connectivity index (χ4v) is 3.04. The van der Waals surface area contributed by atoms with Gasteiger partial charge in [-0.2, -0.15) is 5.26 Å². The molecule has 1 aromatic carbocycles. The number of nitrogens with one attached hydrogen (secondary N) is 1. The van der Waals surface area contributed by atoms with Gasteiger partial charge in [-0.05, 0) is 49.1 Å². The number of benzene rings is 1. The number of carbonyl (C=O) groups excluding carboxylic acids is 1. The van der Waals surface area contributed by atoms with Gasteiger partial charge in [0.1, 0.15) is 5.82 Å². The van der Waals surface area contributed by atoms with E-state index in [1.165, 1.54) is 25.3 Å². The molecule has 1 aromatic heterocycles. The molecule has 26 heavy (non-hydrogen) atoms. The van der Waals surface area contributed by atoms with Gasteiger partial charge in [0.15, 0.2) is 0 Å². The van der Waals surface area contributed by atoms with E-state index in [0.29, 0.717) is 12.1 Å². The minimum atomic E-state index is -0.150. The number of piperidine rings is 1. The maximum absolute atomic E-state index is 12.1. The number of hydrogen-bond acceptors (Lipinski definition) is 4. The van der Waals surface area contributed by atoms with Gasteiger partial charge >= 0.3 is 0 Å². The van der Waals surface area contributed by atoms with Gasteiger partial charge in [0, 0.05) is 37.5 Å². The number of pyridine rings is 1. The summed E-state index contributed by atoms with van der Waals surface area (Å²) in [5.74, 6) is 0.825. The Morgan fingerprint density at radius 3 is 2.69 bits per heavy atom. The number of rotatable bonds is 5. The molecule has 1 aliphatic rings. The number of hydrogen-bond donors (Lipinski definition) is 1. The van der Waals surface area contributed by atoms with Crippen LogP contribution < -0.4 is 10.2 Å². The summed E-state index contributed by atoms with van der Waals surface area (Å²) in [6.07, 6.45) is 8.71. The summed E-state index contributed by atoms with van der Waals surface area (Å²) < 4.78 is 0. The van der Waals surface area contributed by atoms with Crippen molar-refractivity contribution in [1.82, 2.24) is 10.3 Å². The van der Waals surface area contributed by atoms with Gasteiger partial charge in [0.05, 0.1) is 11.6 Å². The first-order valence-corrected chi connectivity index (χ1v) is 8.91. The van der Waals surface area contributed by atoms with Gasteiger partial charge in [-0.25, -0.2) is 4.98 Å². The van der Waals surface area contributed by atoms with Gasteiger partial charge in [0.25, 0.3) is 0 Å². The molecule has 1 fully saturated rings. The highest BCUT2D eigenvalue weighted by Crippen LogP contribution is 2.21. The first kappa shape index (κ1) is 17.7. The minimum absolute atomic E-state index is 0.150. The average Bonchev–Trinajstić information content (AvgIpc) is 2.72. The van der Waals surface area contributed by atoms with Crippen molar-refractivity contribution < 1.29 is 4.79 Å². The topological polar surface area (TPSA) is 69.0 Å². The van der Waals surface area contributed by atoms with Gasteiger partial charge in [-0.1, -0.05) is 18.2 Å². The van der Waals surface area contributed by atoms with Gasteiger partial charge < -0.3 is 10.2 Å². The number of nitrogens with zero attached hydrogens (tertiary/aromatic N) is 3. The Balaban J connectivity index is 1.59. The Labute approximate surface area is 154 Å². The van der Waals surface area contributed by atoms with E-state index < -0.39 is 0 Å². The standard InChI is InChI=1S/C21H22N4O/c22-15-18-8-6-17(7-9-18)10-11-20(26)24-16-19-5-4-12-23-21(19)25-13-2-1-3-14-25/h4-12H,1-3,13-14,16H2,(H,24,26). The largest absolute Gasteiger partial charge is 0.356 e. The monoisotopic (exact) mass is 346 g/mol. The predicted octanol–water partition coefficient (Wildman–Crippen LogP) is 3.27. The van der Waals surface area contributed by atoms with Crippen LogP contribution in [0.3, 0.4) is 0 Å². The Bertz CT molecular complexity index is 815. The fourth-order valence-electron chi connectivity index (χ4n) is 3.04. The predicted molar refractivity (Wildman–Crippen MR) is 102 cm³/mol. The molecule has 1 N–H and O–H groups in total. The Morgan fingerprint density at radius 2 is 1.96 bits per heavy atom. The molecule has 1 aliphatic heterocycles. The molecule has 0 unspecified atom stereocenters. The summed E-state index contributed by atoms with van der Waals surface area (Å²) in [6, 6.07) is 13.1. The lowest BCUT2D eigenvalue weighted by Crippen LogP contribution is -2.32. The highest BCUT2D eigenvalue weighted by molar-refractivity contribution is 5.91. The molecule has 0 atom stereocenters. The second-order valence-corrected chi connectivity index (χ2v) is 6.32. The number of carbonyl (C=O) groups is 1. The van der Waals surface area contributed by atoms with Gasteiger partial charge in [-0.15, -0.1) is 0 Å². The van der Waals surface area contributed by atoms with Crippen molar-refractivity contribution in [2.45, 2.75) is 25.8 Å². The van der Waals surface area contributed by atoms with Crippen molar-refractivity contribution in [1.29, 1.82) is 5.26 Å². The Kier molecular flexibility index (Phi) is 6.00. The molecule has 1 amide bonds. The van der Waals surface area contributed by atoms with Crippen LogP contribution >= 0.6 is 0 Å². The lowest BCUT2D eigenvalue weighted by molar-refractivity contribution is -0.116. The maximum Gasteiger partial charge on any atom is 0.244 e. The van der Waals surface area contributed by atoms with Crippen LogP contribution in [0, 0.1) is 11.3 Å². The van der Waals surface area contributed by atoms with E-state index in [0.717, 1.165) is 30.0 Å². The summed E-state index contributed by atoms with van der Waals surface area (Å²) >= 11 is 0. The highest BCUT2D eigenvalue weighted by Gasteiger charge is 2.15. The van der Waals surface area contributed by atoms with Gasteiger partial charge in [0.2, 0.25) is 5.91 Å². The van der Waals surface area contributed by atoms with E-state index in [9.17, 15) is 4.79 Å². The Morgan fingerprint density at radius 1 is 1.19 bits per heavy atom. The van der Waals surface area contributed by atoms with Crippen LogP contribution in [0.25, 0.3) is 6.08 Å². The third-order valence-corrected chi connectivity index (χ3v) is 4.44. The zero-order valence-corrected chi connectivity index (χ0v) is 14.7. The van der Waals surface area contributed by atoms with Crippen molar-refractivity contribution in [2.75, 3.05) is 18.0 Å². The fraction of sp³-hybridized carbons (Fsp3) is 0.286. The number of aromatic nitrogens is 1. The second-order valence-electron chi connectivity index (χ2n) is 6.32. The molecule has 0 aliphatic carbocycles. The average molecular weight is 346 g/mol. The van der Waals surface area contributed by atoms with Crippen LogP contribution in [0.4, 0.5) is 5.82 Å². The summed E-state index contributed by atoms with van der Waals surface area (Å²) in [4.78, 5) is 18.9. The molecule has 0 spiro atoms. The third kappa shape index (κ3) is 4.70. The van der Waals surface area contributed by atoms with Crippen molar-refractivity contribution in [3.05, 3.63) is 65.4 Å². The molecule has 0 bridgehead atoms. The molecule has 1 saturated heterocycles. The molecule has 2 aromatic rings. The molecule has 5 heteroatoms. The molecule has 0 radical (unpaired) electrons. The van der Waals surface area contributed by atoms with E-state index >= 15 is 0 Å². The van der Waals surface area contributed by atoms with Crippen molar-refractivity contribution in [3.63, 3.8) is 0 Å². The van der Waals surface area contributed by atoms with Gasteiger partial charge in [-0.3, -0.25) is 4.79 Å². The van der Waals surface area contributed by atoms with Crippen LogP contribution in [0.15, 0.2) is 48.7 Å². The quantitative estimate of drug-likeness (QED) is 0.844. The lowest BCUT2D eigenvalue weighted by atomic mass is 10.1. The van der Waals surface area contributed by atoms with E-state index in [1.54, 1.807) is 24.4 Å². The van der Waals surface area contributed by atoms with Crippen molar-refractivity contribution >= 4 is 17.8 Å². The number of amides is 1. The molecule has 3 rings (SSSR count). The summed E-state index contributed by atoms with van der Waals surface area (Å²) in [5.41, 5.74) is 2.53. The maximum atomic E-state index is 12.1. The van der Waals surface area contributed by atoms with Crippen molar-refractivity contribution in [3.8, 4) is 6.07 Å². The van der Waals surface area contributed by atoms with Crippen LogP contribution in [0.1, 0.15) is 36.0 Å². The van der Waals surface area contributed by atoms with Crippen LogP contribution in [-0.4, -0.2) is 24.0 Å². The van der Waals surface area contributed by atoms with Crippen molar-refractivity contribution in [2.24, 2.45) is 0 Å². The molecule has 132 valence electrons. The minimum Gasteiger partial charge on any atom is -0.356 e. The van der Waals surface area contributed by atoms with Crippen LogP contribution in [0.2, 0.25) is 0 Å². The molecule has 5 nitrogen and oxygen atoms in total. The summed E-state index contributed by atoms with van der Waals surface area (Å²) in [7, 11) is 0. The normalized spacial score (nSPS) is 14.2. The van der Waals surface area contributed by atoms with E-state index in [4.69, 9.17) is 5.26 Å². The highest BCUT2D eigenvalue weighted by atomic mass is 16.1. The second kappa shape index (κ2) is 8.82. The zero-order chi connectivity index (χ0) is 18.2. The van der Waals surface area contributed by atoms with E-state index in [2.05, 4.69) is 21.3 Å². The molecular formula is C21H22N4O. The Hall–Kier alpha value is -3.13. The molecule has 2 heterocycles. The summed E-state index contributed by atoms with van der Waals surface area (Å²) in [6.45, 7) is 2.50. The zero-order valence-electron chi connectivity index (χ0n) is 14.7. The lowest BCUT2D eigenvalue weighted by Gasteiger charge is -2.29. The number of nitriles is 1. The SMILES string of the molecule is N#Cc1ccc(C=CC(=O)NCc2cccnc2N2CCCCC2)cc1. The summed E-state index contributed by atoms with van der Waals surface area (Å²) in [5, 5.41) is 11.7. The first-order chi connectivity index (χ1) is 12.8. The van der Waals surface area contributed by atoms with Crippen LogP contribution in [-0.2, 0) is 11.3 Å². The van der Waals surface area contributed by atoms with E-state index in [1.807, 2.05) is 24.3 Å². The number of anilines is 1. The smallest absolute Gasteiger partial charge is 0.244 e. The van der Waals surface area contributed by atoms with Crippen LogP contribution in [0.5, 0.6) is 0 Å². The van der Waals surface area contributed by atoms with E-state index in [-0.39, 0.29) is 5.91 Å². The first-order valence-electron chi connectivity index (χ1n) is 8.91. The third-order valence-electron chi connectivity index (χ3n) is 4.44. The molecular weight excluding hydrogens is 324 g/mol.